The minimum Gasteiger partial charge on any atom is -0.350 e. The molecule has 1 saturated heterocycles. The van der Waals surface area contributed by atoms with Crippen LogP contribution in [0.1, 0.15) is 41.5 Å². The number of hydrogen-bond donors (Lipinski definition) is 1. The molecule has 6 nitrogen and oxygen atoms in total. The number of carbonyl (C=O) groups is 1. The summed E-state index contributed by atoms with van der Waals surface area (Å²) >= 11 is 0. The minimum atomic E-state index is -3.92. The molecule has 7 heteroatoms. The van der Waals surface area contributed by atoms with Crippen molar-refractivity contribution in [2.24, 2.45) is 0 Å². The van der Waals surface area contributed by atoms with Gasteiger partial charge in [-0.05, 0) is 86.3 Å². The second kappa shape index (κ2) is 11.7. The van der Waals surface area contributed by atoms with Gasteiger partial charge in [0, 0.05) is 13.1 Å². The van der Waals surface area contributed by atoms with E-state index in [1.165, 1.54) is 29.1 Å². The van der Waals surface area contributed by atoms with Crippen LogP contribution in [0.25, 0.3) is 0 Å². The van der Waals surface area contributed by atoms with Crippen molar-refractivity contribution < 1.29 is 13.2 Å². The maximum atomic E-state index is 13.5. The summed E-state index contributed by atoms with van der Waals surface area (Å²) in [5.74, 6) is -0.352. The fourth-order valence-corrected chi connectivity index (χ4v) is 6.16. The number of likely N-dealkylation sites (tertiary alicyclic amines) is 1. The van der Waals surface area contributed by atoms with Gasteiger partial charge < -0.3 is 5.32 Å². The van der Waals surface area contributed by atoms with E-state index in [1.54, 1.807) is 42.5 Å². The van der Waals surface area contributed by atoms with Crippen molar-refractivity contribution in [2.45, 2.75) is 51.1 Å². The Hall–Kier alpha value is -3.16. The number of nitrogens with zero attached hydrogens (tertiary/aromatic N) is 2. The summed E-state index contributed by atoms with van der Waals surface area (Å²) in [5.41, 5.74) is 4.58. The van der Waals surface area contributed by atoms with Crippen molar-refractivity contribution in [1.82, 2.24) is 10.2 Å². The largest absolute Gasteiger partial charge is 0.350 e. The molecule has 0 radical (unpaired) electrons. The average molecular weight is 506 g/mol. The summed E-state index contributed by atoms with van der Waals surface area (Å²) in [7, 11) is -3.92. The van der Waals surface area contributed by atoms with Crippen LogP contribution < -0.4 is 9.62 Å². The zero-order valence-corrected chi connectivity index (χ0v) is 21.9. The van der Waals surface area contributed by atoms with E-state index in [9.17, 15) is 13.2 Å². The average Bonchev–Trinajstić information content (AvgIpc) is 2.87. The molecule has 4 rings (SSSR count). The monoisotopic (exact) mass is 505 g/mol. The van der Waals surface area contributed by atoms with Gasteiger partial charge in [-0.15, -0.1) is 0 Å². The molecular formula is C29H35N3O3S. The Labute approximate surface area is 215 Å². The molecule has 1 aliphatic heterocycles. The molecular weight excluding hydrogens is 470 g/mol. The highest BCUT2D eigenvalue weighted by Gasteiger charge is 2.27. The first-order valence-corrected chi connectivity index (χ1v) is 14.0. The molecule has 0 saturated carbocycles. The van der Waals surface area contributed by atoms with Gasteiger partial charge in [-0.25, -0.2) is 8.42 Å². The van der Waals surface area contributed by atoms with Crippen molar-refractivity contribution in [3.63, 3.8) is 0 Å². The van der Waals surface area contributed by atoms with E-state index in [1.807, 2.05) is 32.0 Å². The van der Waals surface area contributed by atoms with E-state index in [-0.39, 0.29) is 17.3 Å². The van der Waals surface area contributed by atoms with Crippen molar-refractivity contribution >= 4 is 21.6 Å². The normalized spacial score (nSPS) is 14.4. The number of piperidine rings is 1. The number of amides is 1. The lowest BCUT2D eigenvalue weighted by molar-refractivity contribution is -0.119. The van der Waals surface area contributed by atoms with Crippen LogP contribution in [0.4, 0.5) is 5.69 Å². The van der Waals surface area contributed by atoms with Crippen LogP contribution in [-0.2, 0) is 27.9 Å². The van der Waals surface area contributed by atoms with E-state index in [0.29, 0.717) is 12.2 Å². The molecule has 0 aliphatic carbocycles. The molecule has 0 aromatic heterocycles. The molecule has 3 aromatic carbocycles. The highest BCUT2D eigenvalue weighted by atomic mass is 32.2. The summed E-state index contributed by atoms with van der Waals surface area (Å²) < 4.78 is 28.3. The van der Waals surface area contributed by atoms with Crippen LogP contribution >= 0.6 is 0 Å². The maximum Gasteiger partial charge on any atom is 0.264 e. The predicted molar refractivity (Wildman–Crippen MR) is 144 cm³/mol. The molecule has 1 fully saturated rings. The number of carbonyl (C=O) groups excluding carboxylic acids is 1. The van der Waals surface area contributed by atoms with Crippen LogP contribution in [0.3, 0.4) is 0 Å². The Kier molecular flexibility index (Phi) is 8.44. The Morgan fingerprint density at radius 3 is 2.22 bits per heavy atom. The van der Waals surface area contributed by atoms with Gasteiger partial charge >= 0.3 is 0 Å². The van der Waals surface area contributed by atoms with Crippen molar-refractivity contribution in [2.75, 3.05) is 23.9 Å². The lowest BCUT2D eigenvalue weighted by Crippen LogP contribution is -2.40. The number of nitrogens with one attached hydrogen (secondary N) is 1. The molecule has 36 heavy (non-hydrogen) atoms. The van der Waals surface area contributed by atoms with Crippen LogP contribution in [0.15, 0.2) is 77.7 Å². The Morgan fingerprint density at radius 1 is 0.861 bits per heavy atom. The Balaban J connectivity index is 1.48. The van der Waals surface area contributed by atoms with E-state index in [4.69, 9.17) is 0 Å². The van der Waals surface area contributed by atoms with Gasteiger partial charge in [-0.3, -0.25) is 14.0 Å². The fourth-order valence-electron chi connectivity index (χ4n) is 4.73. The molecule has 1 aliphatic rings. The second-order valence-electron chi connectivity index (χ2n) is 9.60. The molecule has 0 atom stereocenters. The van der Waals surface area contributed by atoms with Gasteiger partial charge in [0.1, 0.15) is 6.54 Å². The number of rotatable bonds is 9. The van der Waals surface area contributed by atoms with E-state index < -0.39 is 10.0 Å². The Morgan fingerprint density at radius 2 is 1.53 bits per heavy atom. The zero-order chi connectivity index (χ0) is 25.5. The first-order chi connectivity index (χ1) is 17.3. The zero-order valence-electron chi connectivity index (χ0n) is 21.1. The number of hydrogen-bond acceptors (Lipinski definition) is 4. The smallest absolute Gasteiger partial charge is 0.264 e. The van der Waals surface area contributed by atoms with Crippen molar-refractivity contribution in [3.05, 3.63) is 95.1 Å². The number of benzene rings is 3. The molecule has 0 bridgehead atoms. The van der Waals surface area contributed by atoms with Crippen LogP contribution in [0.2, 0.25) is 0 Å². The third kappa shape index (κ3) is 6.74. The van der Waals surface area contributed by atoms with E-state index in [2.05, 4.69) is 22.3 Å². The SMILES string of the molecule is Cc1cc(C)cc(N(CC(=O)NCc2cccc(CN3CCCCC3)c2)S(=O)(=O)c2ccccc2)c1. The number of sulfonamides is 1. The summed E-state index contributed by atoms with van der Waals surface area (Å²) in [4.78, 5) is 15.6. The lowest BCUT2D eigenvalue weighted by atomic mass is 10.1. The van der Waals surface area contributed by atoms with Crippen LogP contribution in [0, 0.1) is 13.8 Å². The summed E-state index contributed by atoms with van der Waals surface area (Å²) in [6, 6.07) is 22.1. The fraction of sp³-hybridized carbons (Fsp3) is 0.345. The van der Waals surface area contributed by atoms with Crippen LogP contribution in [-0.4, -0.2) is 38.9 Å². The van der Waals surface area contributed by atoms with Gasteiger partial charge in [0.15, 0.2) is 0 Å². The molecule has 1 amide bonds. The number of anilines is 1. The standard InChI is InChI=1S/C29H35N3O3S/c1-23-16-24(2)18-27(17-23)32(36(34,35)28-12-5-3-6-13-28)22-29(33)30-20-25-10-9-11-26(19-25)21-31-14-7-4-8-15-31/h3,5-6,9-13,16-19H,4,7-8,14-15,20-22H2,1-2H3,(H,30,33). The summed E-state index contributed by atoms with van der Waals surface area (Å²) in [6.45, 7) is 7.06. The van der Waals surface area contributed by atoms with Crippen LogP contribution in [0.5, 0.6) is 0 Å². The first-order valence-electron chi connectivity index (χ1n) is 12.5. The third-order valence-corrected chi connectivity index (χ3v) is 8.24. The molecule has 190 valence electrons. The first kappa shape index (κ1) is 25.9. The van der Waals surface area contributed by atoms with Gasteiger partial charge in [0.2, 0.25) is 5.91 Å². The summed E-state index contributed by atoms with van der Waals surface area (Å²) in [5, 5.41) is 2.92. The van der Waals surface area contributed by atoms with Gasteiger partial charge in [0.05, 0.1) is 10.6 Å². The maximum absolute atomic E-state index is 13.5. The Bertz CT molecular complexity index is 1270. The molecule has 1 heterocycles. The highest BCUT2D eigenvalue weighted by molar-refractivity contribution is 7.92. The van der Waals surface area contributed by atoms with Crippen molar-refractivity contribution in [3.8, 4) is 0 Å². The summed E-state index contributed by atoms with van der Waals surface area (Å²) in [6.07, 6.45) is 3.80. The van der Waals surface area contributed by atoms with Gasteiger partial charge in [0.25, 0.3) is 10.0 Å². The van der Waals surface area contributed by atoms with Gasteiger partial charge in [-0.1, -0.05) is 55.0 Å². The van der Waals surface area contributed by atoms with Crippen molar-refractivity contribution in [1.29, 1.82) is 0 Å². The predicted octanol–water partition coefficient (Wildman–Crippen LogP) is 4.80. The quantitative estimate of drug-likeness (QED) is 0.454. The molecule has 3 aromatic rings. The number of aryl methyl sites for hydroxylation is 2. The molecule has 1 N–H and O–H groups in total. The highest BCUT2D eigenvalue weighted by Crippen LogP contribution is 2.26. The third-order valence-electron chi connectivity index (χ3n) is 6.45. The molecule has 0 unspecified atom stereocenters. The van der Waals surface area contributed by atoms with Gasteiger partial charge in [-0.2, -0.15) is 0 Å². The molecule has 0 spiro atoms. The van der Waals surface area contributed by atoms with E-state index in [0.717, 1.165) is 36.3 Å². The minimum absolute atomic E-state index is 0.155. The lowest BCUT2D eigenvalue weighted by Gasteiger charge is -2.26. The van der Waals surface area contributed by atoms with E-state index >= 15 is 0 Å². The second-order valence-corrected chi connectivity index (χ2v) is 11.5. The topological polar surface area (TPSA) is 69.7 Å².